The molecular formula is C19H20ClN3O3S2. The maximum absolute atomic E-state index is 12.5. The van der Waals surface area contributed by atoms with Crippen LogP contribution < -0.4 is 5.32 Å². The Morgan fingerprint density at radius 2 is 1.86 bits per heavy atom. The number of halogens is 1. The van der Waals surface area contributed by atoms with Crippen molar-refractivity contribution in [1.82, 2.24) is 9.29 Å². The number of hydrogen-bond donors (Lipinski definition) is 1. The van der Waals surface area contributed by atoms with Gasteiger partial charge < -0.3 is 0 Å². The largest absolute Gasteiger partial charge is 0.298 e. The third kappa shape index (κ3) is 4.05. The molecule has 0 saturated heterocycles. The summed E-state index contributed by atoms with van der Waals surface area (Å²) in [5, 5.41) is 3.84. The molecule has 9 heteroatoms. The first-order valence-corrected chi connectivity index (χ1v) is 11.2. The van der Waals surface area contributed by atoms with Crippen LogP contribution in [-0.2, 0) is 10.0 Å². The van der Waals surface area contributed by atoms with Crippen LogP contribution in [0.5, 0.6) is 0 Å². The summed E-state index contributed by atoms with van der Waals surface area (Å²) in [5.41, 5.74) is 2.08. The average Bonchev–Trinajstić information content (AvgIpc) is 3.03. The molecule has 6 nitrogen and oxygen atoms in total. The molecule has 0 atom stereocenters. The molecular weight excluding hydrogens is 418 g/mol. The van der Waals surface area contributed by atoms with Gasteiger partial charge in [-0.05, 0) is 62.7 Å². The Hall–Kier alpha value is -2.00. The van der Waals surface area contributed by atoms with Gasteiger partial charge in [0, 0.05) is 23.7 Å². The molecule has 0 radical (unpaired) electrons. The molecule has 1 N–H and O–H groups in total. The number of aromatic nitrogens is 1. The molecule has 0 spiro atoms. The Kier molecular flexibility index (Phi) is 5.77. The molecule has 0 aliphatic heterocycles. The van der Waals surface area contributed by atoms with Gasteiger partial charge >= 0.3 is 0 Å². The highest BCUT2D eigenvalue weighted by Crippen LogP contribution is 2.31. The fourth-order valence-electron chi connectivity index (χ4n) is 2.60. The lowest BCUT2D eigenvalue weighted by Gasteiger charge is -2.20. The zero-order chi connectivity index (χ0) is 20.6. The molecule has 1 heterocycles. The topological polar surface area (TPSA) is 79.4 Å². The zero-order valence-electron chi connectivity index (χ0n) is 15.9. The highest BCUT2D eigenvalue weighted by Gasteiger charge is 2.23. The monoisotopic (exact) mass is 437 g/mol. The van der Waals surface area contributed by atoms with E-state index in [1.54, 1.807) is 13.8 Å². The van der Waals surface area contributed by atoms with E-state index < -0.39 is 10.0 Å². The minimum atomic E-state index is -3.59. The van der Waals surface area contributed by atoms with Gasteiger partial charge in [-0.15, -0.1) is 0 Å². The number of amides is 1. The van der Waals surface area contributed by atoms with Gasteiger partial charge in [0.15, 0.2) is 5.13 Å². The molecule has 0 saturated carbocycles. The molecule has 148 valence electrons. The molecule has 0 aliphatic rings. The Morgan fingerprint density at radius 3 is 2.46 bits per heavy atom. The summed E-state index contributed by atoms with van der Waals surface area (Å²) in [6, 6.07) is 9.32. The van der Waals surface area contributed by atoms with Gasteiger partial charge in [-0.2, -0.15) is 4.31 Å². The number of hydrogen-bond acceptors (Lipinski definition) is 5. The number of carbonyl (C=O) groups is 1. The van der Waals surface area contributed by atoms with Crippen molar-refractivity contribution >= 4 is 54.2 Å². The van der Waals surface area contributed by atoms with E-state index in [4.69, 9.17) is 11.6 Å². The number of thiazole rings is 1. The molecule has 3 rings (SSSR count). The van der Waals surface area contributed by atoms with Crippen LogP contribution in [0.25, 0.3) is 10.2 Å². The van der Waals surface area contributed by atoms with Crippen molar-refractivity contribution in [1.29, 1.82) is 0 Å². The fraction of sp³-hybridized carbons (Fsp3) is 0.263. The normalized spacial score (nSPS) is 12.1. The fourth-order valence-corrected chi connectivity index (χ4v) is 5.28. The van der Waals surface area contributed by atoms with Crippen molar-refractivity contribution in [3.8, 4) is 0 Å². The Bertz CT molecular complexity index is 1140. The van der Waals surface area contributed by atoms with Crippen molar-refractivity contribution in [2.75, 3.05) is 12.4 Å². The standard InChI is InChI=1S/C19H20ClN3O3S2/c1-11(2)23(4)28(25,26)15-7-5-13(6-8-15)18(24)22-19-21-17-12(3)9-14(20)10-16(17)27-19/h5-11H,1-4H3,(H,21,22,24). The number of benzene rings is 2. The lowest BCUT2D eigenvalue weighted by molar-refractivity contribution is 0.102. The number of fused-ring (bicyclic) bond motifs is 1. The van der Waals surface area contributed by atoms with Crippen LogP contribution in [-0.4, -0.2) is 36.7 Å². The number of nitrogens with one attached hydrogen (secondary N) is 1. The van der Waals surface area contributed by atoms with Gasteiger partial charge in [-0.3, -0.25) is 10.1 Å². The maximum Gasteiger partial charge on any atom is 0.257 e. The van der Waals surface area contributed by atoms with Gasteiger partial charge in [-0.25, -0.2) is 13.4 Å². The smallest absolute Gasteiger partial charge is 0.257 e. The molecule has 0 aliphatic carbocycles. The van der Waals surface area contributed by atoms with Crippen LogP contribution in [0.1, 0.15) is 29.8 Å². The summed E-state index contributed by atoms with van der Waals surface area (Å²) in [4.78, 5) is 17.1. The molecule has 1 aromatic heterocycles. The summed E-state index contributed by atoms with van der Waals surface area (Å²) in [6.45, 7) is 5.51. The predicted octanol–water partition coefficient (Wildman–Crippen LogP) is 4.54. The number of carbonyl (C=O) groups excluding carboxylic acids is 1. The number of anilines is 1. The second-order valence-electron chi connectivity index (χ2n) is 6.68. The second kappa shape index (κ2) is 7.79. The van der Waals surface area contributed by atoms with Crippen molar-refractivity contribution in [3.05, 3.63) is 52.5 Å². The van der Waals surface area contributed by atoms with E-state index in [9.17, 15) is 13.2 Å². The summed E-state index contributed by atoms with van der Waals surface area (Å²) in [6.07, 6.45) is 0. The van der Waals surface area contributed by atoms with E-state index >= 15 is 0 Å². The molecule has 0 unspecified atom stereocenters. The van der Waals surface area contributed by atoms with Crippen LogP contribution in [0.3, 0.4) is 0 Å². The van der Waals surface area contributed by atoms with Gasteiger partial charge in [-0.1, -0.05) is 22.9 Å². The maximum atomic E-state index is 12.5. The predicted molar refractivity (Wildman–Crippen MR) is 114 cm³/mol. The number of aryl methyl sites for hydroxylation is 1. The van der Waals surface area contributed by atoms with Gasteiger partial charge in [0.2, 0.25) is 10.0 Å². The third-order valence-electron chi connectivity index (χ3n) is 4.39. The SMILES string of the molecule is Cc1cc(Cl)cc2sc(NC(=O)c3ccc(S(=O)(=O)N(C)C(C)C)cc3)nc12. The average molecular weight is 438 g/mol. The molecule has 3 aromatic rings. The molecule has 28 heavy (non-hydrogen) atoms. The van der Waals surface area contributed by atoms with Crippen LogP contribution >= 0.6 is 22.9 Å². The molecule has 2 aromatic carbocycles. The number of nitrogens with zero attached hydrogens (tertiary/aromatic N) is 2. The minimum absolute atomic E-state index is 0.144. The highest BCUT2D eigenvalue weighted by molar-refractivity contribution is 7.89. The van der Waals surface area contributed by atoms with Crippen LogP contribution in [0.15, 0.2) is 41.3 Å². The van der Waals surface area contributed by atoms with Gasteiger partial charge in [0.1, 0.15) is 0 Å². The van der Waals surface area contributed by atoms with Crippen LogP contribution in [0, 0.1) is 6.92 Å². The first-order chi connectivity index (χ1) is 13.1. The number of rotatable bonds is 5. The molecule has 1 amide bonds. The summed E-state index contributed by atoms with van der Waals surface area (Å²) in [7, 11) is -2.06. The summed E-state index contributed by atoms with van der Waals surface area (Å²) >= 11 is 7.40. The first kappa shape index (κ1) is 20.7. The van der Waals surface area contributed by atoms with Crippen LogP contribution in [0.2, 0.25) is 5.02 Å². The summed E-state index contributed by atoms with van der Waals surface area (Å²) in [5.74, 6) is -0.357. The van der Waals surface area contributed by atoms with Gasteiger partial charge in [0.25, 0.3) is 5.91 Å². The molecule has 0 bridgehead atoms. The van der Waals surface area contributed by atoms with E-state index in [1.807, 2.05) is 19.1 Å². The lowest BCUT2D eigenvalue weighted by Crippen LogP contribution is -2.33. The Labute approximate surface area is 173 Å². The van der Waals surface area contributed by atoms with E-state index in [-0.39, 0.29) is 16.8 Å². The second-order valence-corrected chi connectivity index (χ2v) is 10.1. The van der Waals surface area contributed by atoms with Crippen LogP contribution in [0.4, 0.5) is 5.13 Å². The number of sulfonamides is 1. The van der Waals surface area contributed by atoms with Crippen molar-refractivity contribution in [3.63, 3.8) is 0 Å². The van der Waals surface area contributed by atoms with E-state index in [1.165, 1.54) is 47.0 Å². The lowest BCUT2D eigenvalue weighted by atomic mass is 10.2. The molecule has 0 fully saturated rings. The first-order valence-electron chi connectivity index (χ1n) is 8.55. The van der Waals surface area contributed by atoms with Crippen molar-refractivity contribution in [2.24, 2.45) is 0 Å². The van der Waals surface area contributed by atoms with E-state index in [0.29, 0.717) is 15.7 Å². The minimum Gasteiger partial charge on any atom is -0.298 e. The zero-order valence-corrected chi connectivity index (χ0v) is 18.2. The van der Waals surface area contributed by atoms with Crippen molar-refractivity contribution < 1.29 is 13.2 Å². The Morgan fingerprint density at radius 1 is 1.21 bits per heavy atom. The summed E-state index contributed by atoms with van der Waals surface area (Å²) < 4.78 is 27.2. The third-order valence-corrected chi connectivity index (χ3v) is 7.58. The highest BCUT2D eigenvalue weighted by atomic mass is 35.5. The van der Waals surface area contributed by atoms with Gasteiger partial charge in [0.05, 0.1) is 15.1 Å². The van der Waals surface area contributed by atoms with Crippen molar-refractivity contribution in [2.45, 2.75) is 31.7 Å². The van der Waals surface area contributed by atoms with E-state index in [0.717, 1.165) is 15.8 Å². The Balaban J connectivity index is 1.81. The quantitative estimate of drug-likeness (QED) is 0.635. The van der Waals surface area contributed by atoms with E-state index in [2.05, 4.69) is 10.3 Å².